The number of hydrogen-bond donors (Lipinski definition) is 3. The summed E-state index contributed by atoms with van der Waals surface area (Å²) in [6, 6.07) is 2.99. The van der Waals surface area contributed by atoms with Crippen LogP contribution in [0.15, 0.2) is 18.2 Å². The lowest BCUT2D eigenvalue weighted by molar-refractivity contribution is -0.157. The van der Waals surface area contributed by atoms with E-state index < -0.39 is 53.7 Å². The second-order valence-corrected chi connectivity index (χ2v) is 10.8. The number of anilines is 1. The standard InChI is InChI=1S/C29H44N2O7/c1-6-7-8-9-11-21-23(16-20(32)15-14-17(2)3)18(4)37-29(36)25(19(5)38-28(21)35)31-27(34)22-12-10-13-24(30)26(22)33/h10,12-13,17-19,21,23,25,33H,6-9,11,14-16,30H2,1-5H3,(H,31,34)/t18-,19+,21+,23-,25-/m0/s1. The highest BCUT2D eigenvalue weighted by atomic mass is 16.6. The molecule has 4 N–H and O–H groups in total. The molecule has 38 heavy (non-hydrogen) atoms. The average Bonchev–Trinajstić information content (AvgIpc) is 2.88. The second-order valence-electron chi connectivity index (χ2n) is 10.8. The minimum Gasteiger partial charge on any atom is -0.505 e. The van der Waals surface area contributed by atoms with Gasteiger partial charge in [0.1, 0.15) is 18.0 Å². The first kappa shape index (κ1) is 31.1. The van der Waals surface area contributed by atoms with Crippen molar-refractivity contribution in [1.82, 2.24) is 5.32 Å². The first-order valence-electron chi connectivity index (χ1n) is 13.8. The predicted molar refractivity (Wildman–Crippen MR) is 144 cm³/mol. The lowest BCUT2D eigenvalue weighted by Gasteiger charge is -2.29. The molecule has 212 valence electrons. The molecule has 1 aliphatic rings. The van der Waals surface area contributed by atoms with E-state index in [1.807, 2.05) is 13.8 Å². The number of ether oxygens (including phenoxy) is 2. The summed E-state index contributed by atoms with van der Waals surface area (Å²) in [7, 11) is 0. The van der Waals surface area contributed by atoms with Crippen molar-refractivity contribution >= 4 is 29.3 Å². The van der Waals surface area contributed by atoms with Gasteiger partial charge in [-0.3, -0.25) is 14.4 Å². The molecule has 9 nitrogen and oxygen atoms in total. The van der Waals surface area contributed by atoms with Crippen molar-refractivity contribution in [3.8, 4) is 5.75 Å². The zero-order valence-electron chi connectivity index (χ0n) is 23.3. The highest BCUT2D eigenvalue weighted by molar-refractivity contribution is 6.00. The quantitative estimate of drug-likeness (QED) is 0.154. The van der Waals surface area contributed by atoms with Gasteiger partial charge in [0.2, 0.25) is 0 Å². The molecule has 1 aromatic carbocycles. The number of phenols is 1. The smallest absolute Gasteiger partial charge is 0.332 e. The zero-order chi connectivity index (χ0) is 28.4. The van der Waals surface area contributed by atoms with Crippen molar-refractivity contribution in [3.05, 3.63) is 23.8 Å². The van der Waals surface area contributed by atoms with Gasteiger partial charge in [0, 0.05) is 18.8 Å². The summed E-state index contributed by atoms with van der Waals surface area (Å²) < 4.78 is 11.5. The van der Waals surface area contributed by atoms with Crippen LogP contribution in [-0.4, -0.2) is 47.0 Å². The van der Waals surface area contributed by atoms with E-state index in [9.17, 15) is 24.3 Å². The third-order valence-corrected chi connectivity index (χ3v) is 7.18. The van der Waals surface area contributed by atoms with E-state index >= 15 is 0 Å². The third-order valence-electron chi connectivity index (χ3n) is 7.18. The third kappa shape index (κ3) is 8.74. The maximum absolute atomic E-state index is 13.4. The number of rotatable bonds is 12. The summed E-state index contributed by atoms with van der Waals surface area (Å²) >= 11 is 0. The molecule has 0 radical (unpaired) electrons. The van der Waals surface area contributed by atoms with E-state index in [0.29, 0.717) is 18.8 Å². The number of Topliss-reactive ketones (excluding diaryl/α,β-unsaturated/α-hetero) is 1. The van der Waals surface area contributed by atoms with Crippen LogP contribution >= 0.6 is 0 Å². The lowest BCUT2D eigenvalue weighted by Crippen LogP contribution is -2.50. The molecule has 5 atom stereocenters. The Labute approximate surface area is 225 Å². The van der Waals surface area contributed by atoms with E-state index in [1.54, 1.807) is 6.92 Å². The maximum Gasteiger partial charge on any atom is 0.332 e. The number of benzene rings is 1. The molecule has 9 heteroatoms. The fourth-order valence-electron chi connectivity index (χ4n) is 4.76. The van der Waals surface area contributed by atoms with E-state index in [0.717, 1.165) is 32.1 Å². The topological polar surface area (TPSA) is 145 Å². The molecular formula is C29H44N2O7. The van der Waals surface area contributed by atoms with Crippen molar-refractivity contribution in [1.29, 1.82) is 0 Å². The fraction of sp³-hybridized carbons (Fsp3) is 0.655. The summed E-state index contributed by atoms with van der Waals surface area (Å²) in [4.78, 5) is 52.4. The zero-order valence-corrected chi connectivity index (χ0v) is 23.3. The van der Waals surface area contributed by atoms with Crippen LogP contribution in [-0.2, 0) is 23.9 Å². The van der Waals surface area contributed by atoms with Crippen molar-refractivity contribution < 1.29 is 33.8 Å². The SMILES string of the molecule is CCCCCC[C@H]1C(=O)O[C@H](C)[C@H](NC(=O)c2cccc(N)c2O)C(=O)O[C@@H](C)[C@@H]1CC(=O)CCC(C)C. The molecule has 0 aromatic heterocycles. The number of esters is 2. The van der Waals surface area contributed by atoms with E-state index in [4.69, 9.17) is 15.2 Å². The van der Waals surface area contributed by atoms with Crippen LogP contribution in [0.4, 0.5) is 5.69 Å². The van der Waals surface area contributed by atoms with Crippen LogP contribution in [0.25, 0.3) is 0 Å². The molecule has 1 saturated heterocycles. The lowest BCUT2D eigenvalue weighted by atomic mass is 9.80. The molecule has 1 amide bonds. The molecule has 1 fully saturated rings. The number of carbonyl (C=O) groups is 4. The Morgan fingerprint density at radius 3 is 2.39 bits per heavy atom. The fourth-order valence-corrected chi connectivity index (χ4v) is 4.76. The van der Waals surface area contributed by atoms with Crippen LogP contribution in [0.3, 0.4) is 0 Å². The number of hydrogen-bond acceptors (Lipinski definition) is 8. The van der Waals surface area contributed by atoms with Gasteiger partial charge in [-0.1, -0.05) is 52.5 Å². The number of nitrogens with one attached hydrogen (secondary N) is 1. The summed E-state index contributed by atoms with van der Waals surface area (Å²) in [6.07, 6.45) is 3.78. The molecule has 0 aliphatic carbocycles. The highest BCUT2D eigenvalue weighted by Crippen LogP contribution is 2.32. The monoisotopic (exact) mass is 532 g/mol. The number of ketones is 1. The molecular weight excluding hydrogens is 488 g/mol. The minimum atomic E-state index is -1.31. The van der Waals surface area contributed by atoms with Crippen LogP contribution in [0.5, 0.6) is 5.75 Å². The van der Waals surface area contributed by atoms with Gasteiger partial charge in [-0.25, -0.2) is 4.79 Å². The van der Waals surface area contributed by atoms with Crippen molar-refractivity contribution in [2.45, 2.75) is 104 Å². The average molecular weight is 533 g/mol. The number of amides is 1. The molecule has 1 aliphatic heterocycles. The molecule has 2 rings (SSSR count). The van der Waals surface area contributed by atoms with E-state index in [-0.39, 0.29) is 23.5 Å². The molecule has 1 aromatic rings. The largest absolute Gasteiger partial charge is 0.505 e. The summed E-state index contributed by atoms with van der Waals surface area (Å²) in [5.74, 6) is -3.22. The van der Waals surface area contributed by atoms with Crippen LogP contribution in [0.1, 0.15) is 96.3 Å². The number of carbonyl (C=O) groups excluding carboxylic acids is 4. The molecule has 0 unspecified atom stereocenters. The Bertz CT molecular complexity index is 978. The van der Waals surface area contributed by atoms with Gasteiger partial charge < -0.3 is 25.6 Å². The number of phenolic OH excluding ortho intramolecular Hbond substituents is 1. The Kier molecular flexibility index (Phi) is 12.1. The highest BCUT2D eigenvalue weighted by Gasteiger charge is 2.42. The van der Waals surface area contributed by atoms with Gasteiger partial charge in [-0.15, -0.1) is 0 Å². The van der Waals surface area contributed by atoms with Crippen LogP contribution in [0.2, 0.25) is 0 Å². The van der Waals surface area contributed by atoms with E-state index in [2.05, 4.69) is 12.2 Å². The first-order chi connectivity index (χ1) is 18.0. The Morgan fingerprint density at radius 2 is 1.74 bits per heavy atom. The molecule has 0 spiro atoms. The van der Waals surface area contributed by atoms with Crippen LogP contribution < -0.4 is 11.1 Å². The van der Waals surface area contributed by atoms with Gasteiger partial charge >= 0.3 is 11.9 Å². The van der Waals surface area contributed by atoms with Gasteiger partial charge in [0.25, 0.3) is 5.91 Å². The number of nitrogen functional groups attached to an aromatic ring is 1. The van der Waals surface area contributed by atoms with Crippen molar-refractivity contribution in [3.63, 3.8) is 0 Å². The molecule has 1 heterocycles. The van der Waals surface area contributed by atoms with Gasteiger partial charge in [-0.05, 0) is 44.7 Å². The van der Waals surface area contributed by atoms with Gasteiger partial charge in [-0.2, -0.15) is 0 Å². The Balaban J connectivity index is 2.31. The maximum atomic E-state index is 13.4. The van der Waals surface area contributed by atoms with E-state index in [1.165, 1.54) is 25.1 Å². The minimum absolute atomic E-state index is 0.0127. The number of unbranched alkanes of at least 4 members (excludes halogenated alkanes) is 3. The Hall–Kier alpha value is -3.10. The number of nitrogens with two attached hydrogens (primary N) is 1. The van der Waals surface area contributed by atoms with Crippen molar-refractivity contribution in [2.75, 3.05) is 5.73 Å². The summed E-state index contributed by atoms with van der Waals surface area (Å²) in [6.45, 7) is 9.39. The number of para-hydroxylation sites is 1. The van der Waals surface area contributed by atoms with Gasteiger partial charge in [0.05, 0.1) is 17.2 Å². The molecule has 0 saturated carbocycles. The summed E-state index contributed by atoms with van der Waals surface area (Å²) in [5.41, 5.74) is 5.59. The van der Waals surface area contributed by atoms with Crippen molar-refractivity contribution in [2.24, 2.45) is 17.8 Å². The normalized spacial score (nSPS) is 24.1. The predicted octanol–water partition coefficient (Wildman–Crippen LogP) is 4.55. The first-order valence-corrected chi connectivity index (χ1v) is 13.8. The van der Waals surface area contributed by atoms with Crippen LogP contribution in [0, 0.1) is 17.8 Å². The number of aromatic hydroxyl groups is 1. The number of cyclic esters (lactones) is 2. The Morgan fingerprint density at radius 1 is 1.05 bits per heavy atom. The molecule has 0 bridgehead atoms. The van der Waals surface area contributed by atoms with Gasteiger partial charge in [0.15, 0.2) is 11.8 Å². The second kappa shape index (κ2) is 14.7. The summed E-state index contributed by atoms with van der Waals surface area (Å²) in [5, 5.41) is 12.7.